The number of aliphatic carboxylic acids is 1. The minimum Gasteiger partial charge on any atom is -0.477 e. The summed E-state index contributed by atoms with van der Waals surface area (Å²) in [5, 5.41) is 47.0. The molecule has 0 aromatic carbocycles. The smallest absolute Gasteiger partial charge is 0.352 e. The van der Waals surface area contributed by atoms with E-state index >= 15 is 0 Å². The number of rotatable bonds is 34. The van der Waals surface area contributed by atoms with Crippen LogP contribution in [0.1, 0.15) is 84.0 Å². The number of aliphatic hydroxyl groups is 2. The Balaban J connectivity index is 3.11. The number of nitrogens with two attached hydrogens (primary N) is 8. The molecule has 8 amide bonds. The van der Waals surface area contributed by atoms with E-state index in [0.717, 1.165) is 0 Å². The zero-order chi connectivity index (χ0) is 52.9. The quantitative estimate of drug-likeness (QED) is 0.00936. The van der Waals surface area contributed by atoms with E-state index in [-0.39, 0.29) is 70.7 Å². The van der Waals surface area contributed by atoms with Crippen molar-refractivity contribution in [2.75, 3.05) is 45.8 Å². The molecule has 70 heavy (non-hydrogen) atoms. The largest absolute Gasteiger partial charge is 0.477 e. The van der Waals surface area contributed by atoms with Gasteiger partial charge in [0.15, 0.2) is 5.96 Å². The number of hydrogen-bond donors (Lipinski definition) is 18. The van der Waals surface area contributed by atoms with E-state index in [1.807, 2.05) is 0 Å². The van der Waals surface area contributed by atoms with Crippen LogP contribution in [-0.4, -0.2) is 180 Å². The normalized spacial score (nSPS) is 17.0. The highest BCUT2D eigenvalue weighted by atomic mass is 16.4. The molecular weight excluding hydrogens is 923 g/mol. The highest BCUT2D eigenvalue weighted by Crippen LogP contribution is 2.20. The van der Waals surface area contributed by atoms with Gasteiger partial charge in [0.2, 0.25) is 47.3 Å². The lowest BCUT2D eigenvalue weighted by Crippen LogP contribution is -2.60. The van der Waals surface area contributed by atoms with Crippen molar-refractivity contribution in [2.24, 2.45) is 50.9 Å². The lowest BCUT2D eigenvalue weighted by atomic mass is 10.1. The summed E-state index contributed by atoms with van der Waals surface area (Å²) in [5.41, 5.74) is 44.0. The van der Waals surface area contributed by atoms with Gasteiger partial charge in [-0.25, -0.2) is 4.79 Å². The number of nitrogens with zero attached hydrogens (tertiary/aromatic N) is 2. The summed E-state index contributed by atoms with van der Waals surface area (Å²) in [6, 6.07) is -9.20. The summed E-state index contributed by atoms with van der Waals surface area (Å²) >= 11 is 0. The van der Waals surface area contributed by atoms with Gasteiger partial charge in [0.1, 0.15) is 48.2 Å². The third-order valence-corrected chi connectivity index (χ3v) is 10.8. The van der Waals surface area contributed by atoms with E-state index in [9.17, 15) is 58.5 Å². The van der Waals surface area contributed by atoms with Gasteiger partial charge in [-0.1, -0.05) is 12.5 Å². The molecule has 1 aliphatic heterocycles. The van der Waals surface area contributed by atoms with Crippen LogP contribution in [-0.2, 0) is 43.2 Å². The Labute approximate surface area is 406 Å². The molecule has 0 aromatic rings. The predicted molar refractivity (Wildman–Crippen MR) is 254 cm³/mol. The number of nitrogens with one attached hydrogen (secondary N) is 7. The van der Waals surface area contributed by atoms with Crippen LogP contribution in [0.15, 0.2) is 16.8 Å². The second kappa shape index (κ2) is 33.5. The SMILES string of the molecule is C[C@H](NC(=O)[C@@H](NC(=O)[C@@H](N)CCCCN)[C@@H](O)CN)C(=O)NCC(=O)N[C@H](CCCN)C(=O)N1CCC[C@H]1C(=O)N[C@@H](C[C@@H](N)O)C(=O)N[C@@H](CCCCN)C(=O)N/C(=C\CCN=C(N)N)C(=O)O. The van der Waals surface area contributed by atoms with Crippen molar-refractivity contribution in [1.82, 2.24) is 42.1 Å². The lowest BCUT2D eigenvalue weighted by Gasteiger charge is -2.30. The van der Waals surface area contributed by atoms with E-state index < -0.39 is 133 Å². The summed E-state index contributed by atoms with van der Waals surface area (Å²) in [5.74, 6) is -8.47. The number of likely N-dealkylation sites (tertiary alicyclic amines) is 1. The van der Waals surface area contributed by atoms with Crippen LogP contribution in [0.4, 0.5) is 0 Å². The molecule has 0 radical (unpaired) electrons. The third kappa shape index (κ3) is 23.0. The minimum atomic E-state index is -1.64. The Morgan fingerprint density at radius 1 is 0.729 bits per heavy atom. The zero-order valence-corrected chi connectivity index (χ0v) is 39.7. The monoisotopic (exact) mass is 1000 g/mol. The van der Waals surface area contributed by atoms with E-state index in [2.05, 4.69) is 42.2 Å². The van der Waals surface area contributed by atoms with Gasteiger partial charge in [0.25, 0.3) is 0 Å². The first kappa shape index (κ1) is 61.9. The molecule has 1 saturated heterocycles. The number of hydrogen-bond acceptors (Lipinski definition) is 18. The molecule has 0 saturated carbocycles. The molecule has 398 valence electrons. The Morgan fingerprint density at radius 3 is 1.94 bits per heavy atom. The van der Waals surface area contributed by atoms with Gasteiger partial charge in [-0.3, -0.25) is 43.3 Å². The number of guanidine groups is 1. The molecule has 1 heterocycles. The molecule has 0 spiro atoms. The van der Waals surface area contributed by atoms with Crippen molar-refractivity contribution in [3.8, 4) is 0 Å². The predicted octanol–water partition coefficient (Wildman–Crippen LogP) is -8.40. The third-order valence-electron chi connectivity index (χ3n) is 10.8. The Kier molecular flexibility index (Phi) is 29.6. The number of aliphatic hydroxyl groups excluding tert-OH is 2. The van der Waals surface area contributed by atoms with Gasteiger partial charge in [0.05, 0.1) is 18.7 Å². The summed E-state index contributed by atoms with van der Waals surface area (Å²) in [4.78, 5) is 124. The van der Waals surface area contributed by atoms with E-state index in [4.69, 9.17) is 45.9 Å². The first-order valence-corrected chi connectivity index (χ1v) is 23.2. The van der Waals surface area contributed by atoms with Gasteiger partial charge in [-0.2, -0.15) is 0 Å². The molecule has 0 bridgehead atoms. The van der Waals surface area contributed by atoms with Gasteiger partial charge in [-0.15, -0.1) is 0 Å². The van der Waals surface area contributed by atoms with E-state index in [0.29, 0.717) is 38.6 Å². The van der Waals surface area contributed by atoms with E-state index in [1.165, 1.54) is 17.9 Å². The molecular formula is C41H77N17O12. The molecule has 9 atom stereocenters. The van der Waals surface area contributed by atoms with Crippen LogP contribution in [0.25, 0.3) is 0 Å². The standard InChI is InChI=1S/C41H77N17O12/c1-22(52-38(67)32(29(59)20-45)57-34(63)23(46)9-2-4-14-42)33(62)51-21-31(61)53-25(11-6-16-44)39(68)58-18-8-13-28(58)37(66)56-27(19-30(47)60)36(65)54-24(10-3-5-15-43)35(64)55-26(40(69)70)12-7-17-50-41(48)49/h12,22-25,27-30,32,59-60H,2-11,13-21,42-47H2,1H3,(H,51,62)(H,52,67)(H,53,61)(H,54,65)(H,55,64)(H,56,66)(H,57,63)(H,69,70)(H4,48,49,50)/b26-12-/t22-,23-,24-,25+,27-,28-,29-,30-,32-/m0/s1. The summed E-state index contributed by atoms with van der Waals surface area (Å²) < 4.78 is 0. The second-order valence-corrected chi connectivity index (χ2v) is 16.6. The molecule has 0 aromatic heterocycles. The van der Waals surface area contributed by atoms with Gasteiger partial charge < -0.3 is 103 Å². The molecule has 0 aliphatic carbocycles. The molecule has 1 fully saturated rings. The van der Waals surface area contributed by atoms with Gasteiger partial charge >= 0.3 is 5.97 Å². The number of unbranched alkanes of at least 4 members (excludes halogenated alkanes) is 2. The molecule has 29 heteroatoms. The Hall–Kier alpha value is -6.08. The highest BCUT2D eigenvalue weighted by molar-refractivity contribution is 5.99. The van der Waals surface area contributed by atoms with Crippen molar-refractivity contribution in [3.63, 3.8) is 0 Å². The van der Waals surface area contributed by atoms with Crippen molar-refractivity contribution < 1.29 is 58.5 Å². The molecule has 29 nitrogen and oxygen atoms in total. The van der Waals surface area contributed by atoms with Crippen LogP contribution >= 0.6 is 0 Å². The topological polar surface area (TPSA) is 522 Å². The fourth-order valence-electron chi connectivity index (χ4n) is 6.98. The zero-order valence-electron chi connectivity index (χ0n) is 39.7. The number of carbonyl (C=O) groups excluding carboxylic acids is 8. The molecule has 0 unspecified atom stereocenters. The van der Waals surface area contributed by atoms with Gasteiger partial charge in [-0.05, 0) is 90.8 Å². The summed E-state index contributed by atoms with van der Waals surface area (Å²) in [7, 11) is 0. The molecule has 1 rings (SSSR count). The second-order valence-electron chi connectivity index (χ2n) is 16.6. The molecule has 1 aliphatic rings. The number of carboxylic acid groups (broad SMARTS) is 1. The first-order chi connectivity index (χ1) is 33.1. The average molecular weight is 1000 g/mol. The summed E-state index contributed by atoms with van der Waals surface area (Å²) in [6.07, 6.45) is 0.402. The van der Waals surface area contributed by atoms with Crippen LogP contribution in [0, 0.1) is 0 Å². The summed E-state index contributed by atoms with van der Waals surface area (Å²) in [6.45, 7) is 1.03. The average Bonchev–Trinajstić information content (AvgIpc) is 3.81. The Morgan fingerprint density at radius 2 is 1.36 bits per heavy atom. The number of amides is 8. The minimum absolute atomic E-state index is 0.00409. The molecule has 26 N–H and O–H groups in total. The van der Waals surface area contributed by atoms with Gasteiger partial charge in [0, 0.05) is 26.1 Å². The lowest BCUT2D eigenvalue weighted by molar-refractivity contribution is -0.142. The highest BCUT2D eigenvalue weighted by Gasteiger charge is 2.40. The van der Waals surface area contributed by atoms with Crippen LogP contribution in [0.3, 0.4) is 0 Å². The van der Waals surface area contributed by atoms with Crippen LogP contribution < -0.4 is 83.1 Å². The fraction of sp³-hybridized carbons (Fsp3) is 0.707. The van der Waals surface area contributed by atoms with Crippen molar-refractivity contribution in [1.29, 1.82) is 0 Å². The number of carboxylic acids is 1. The Bertz CT molecular complexity index is 1800. The van der Waals surface area contributed by atoms with Crippen LogP contribution in [0.5, 0.6) is 0 Å². The number of carbonyl (C=O) groups is 9. The van der Waals surface area contributed by atoms with Crippen molar-refractivity contribution in [2.45, 2.75) is 139 Å². The first-order valence-electron chi connectivity index (χ1n) is 23.2. The maximum atomic E-state index is 14.0. The maximum Gasteiger partial charge on any atom is 0.352 e. The van der Waals surface area contributed by atoms with E-state index in [1.54, 1.807) is 0 Å². The van der Waals surface area contributed by atoms with Crippen LogP contribution in [0.2, 0.25) is 0 Å². The number of aliphatic imine (C=N–C) groups is 1. The fourth-order valence-corrected chi connectivity index (χ4v) is 6.98. The van der Waals surface area contributed by atoms with Crippen molar-refractivity contribution >= 4 is 59.2 Å². The maximum absolute atomic E-state index is 14.0. The van der Waals surface area contributed by atoms with Crippen molar-refractivity contribution in [3.05, 3.63) is 11.8 Å².